The number of nitrogens with one attached hydrogen (secondary N) is 2. The SMILES string of the molecule is CC(=O)C1=C(C)NC(=O)N[C@H]1/C=C/c1ccccc1. The van der Waals surface area contributed by atoms with Gasteiger partial charge in [-0.15, -0.1) is 0 Å². The number of urea groups is 1. The van der Waals surface area contributed by atoms with Crippen molar-refractivity contribution < 1.29 is 9.59 Å². The van der Waals surface area contributed by atoms with E-state index < -0.39 is 0 Å². The van der Waals surface area contributed by atoms with E-state index in [4.69, 9.17) is 0 Å². The van der Waals surface area contributed by atoms with Crippen molar-refractivity contribution >= 4 is 17.9 Å². The zero-order valence-corrected chi connectivity index (χ0v) is 10.9. The second-order valence-electron chi connectivity index (χ2n) is 4.44. The average Bonchev–Trinajstić information content (AvgIpc) is 2.36. The van der Waals surface area contributed by atoms with Crippen LogP contribution in [0.1, 0.15) is 19.4 Å². The fourth-order valence-electron chi connectivity index (χ4n) is 2.12. The quantitative estimate of drug-likeness (QED) is 0.871. The summed E-state index contributed by atoms with van der Waals surface area (Å²) in [4.78, 5) is 23.1. The molecule has 0 bridgehead atoms. The van der Waals surface area contributed by atoms with Crippen LogP contribution in [0.3, 0.4) is 0 Å². The van der Waals surface area contributed by atoms with Gasteiger partial charge in [-0.05, 0) is 19.4 Å². The summed E-state index contributed by atoms with van der Waals surface area (Å²) in [6.45, 7) is 3.24. The highest BCUT2D eigenvalue weighted by Crippen LogP contribution is 2.15. The van der Waals surface area contributed by atoms with Gasteiger partial charge < -0.3 is 10.6 Å². The highest BCUT2D eigenvalue weighted by Gasteiger charge is 2.25. The molecule has 2 N–H and O–H groups in total. The van der Waals surface area contributed by atoms with Crippen LogP contribution in [0.2, 0.25) is 0 Å². The molecule has 0 fully saturated rings. The molecular formula is C15H16N2O2. The molecule has 2 amide bonds. The van der Waals surface area contributed by atoms with Crippen molar-refractivity contribution in [2.45, 2.75) is 19.9 Å². The summed E-state index contributed by atoms with van der Waals surface area (Å²) >= 11 is 0. The summed E-state index contributed by atoms with van der Waals surface area (Å²) in [5, 5.41) is 5.35. The number of carbonyl (C=O) groups is 2. The maximum atomic E-state index is 11.7. The lowest BCUT2D eigenvalue weighted by Crippen LogP contribution is -2.48. The number of hydrogen-bond donors (Lipinski definition) is 2. The van der Waals surface area contributed by atoms with Gasteiger partial charge in [0.15, 0.2) is 5.78 Å². The number of hydrogen-bond acceptors (Lipinski definition) is 2. The van der Waals surface area contributed by atoms with Gasteiger partial charge in [0.05, 0.1) is 6.04 Å². The van der Waals surface area contributed by atoms with Crippen LogP contribution >= 0.6 is 0 Å². The van der Waals surface area contributed by atoms with Crippen LogP contribution in [-0.2, 0) is 4.79 Å². The summed E-state index contributed by atoms with van der Waals surface area (Å²) in [5.74, 6) is -0.0484. The molecule has 0 saturated heterocycles. The van der Waals surface area contributed by atoms with E-state index in [1.807, 2.05) is 42.5 Å². The van der Waals surface area contributed by atoms with Gasteiger partial charge in [0.2, 0.25) is 0 Å². The number of benzene rings is 1. The normalized spacial score (nSPS) is 19.3. The molecule has 98 valence electrons. The van der Waals surface area contributed by atoms with Gasteiger partial charge in [-0.1, -0.05) is 42.5 Å². The lowest BCUT2D eigenvalue weighted by Gasteiger charge is -2.25. The van der Waals surface area contributed by atoms with Crippen LogP contribution in [0.5, 0.6) is 0 Å². The van der Waals surface area contributed by atoms with E-state index in [1.165, 1.54) is 6.92 Å². The zero-order chi connectivity index (χ0) is 13.8. The first-order valence-corrected chi connectivity index (χ1v) is 6.10. The van der Waals surface area contributed by atoms with Crippen LogP contribution in [0.4, 0.5) is 4.79 Å². The Kier molecular flexibility index (Phi) is 3.80. The first-order chi connectivity index (χ1) is 9.08. The Morgan fingerprint density at radius 2 is 1.95 bits per heavy atom. The maximum absolute atomic E-state index is 11.7. The standard InChI is InChI=1S/C15H16N2O2/c1-10-14(11(2)18)13(17-15(19)16-10)9-8-12-6-4-3-5-7-12/h3-9,13H,1-2H3,(H2,16,17,19)/b9-8+/t13-/m0/s1. The fraction of sp³-hybridized carbons (Fsp3) is 0.200. The Labute approximate surface area is 112 Å². The largest absolute Gasteiger partial charge is 0.327 e. The van der Waals surface area contributed by atoms with Gasteiger partial charge >= 0.3 is 6.03 Å². The number of amides is 2. The molecule has 2 rings (SSSR count). The van der Waals surface area contributed by atoms with E-state index in [1.54, 1.807) is 6.92 Å². The Hall–Kier alpha value is -2.36. The molecule has 4 nitrogen and oxygen atoms in total. The smallest absolute Gasteiger partial charge is 0.319 e. The lowest BCUT2D eigenvalue weighted by molar-refractivity contribution is -0.113. The molecule has 19 heavy (non-hydrogen) atoms. The number of Topliss-reactive ketones (excluding diaryl/α,β-unsaturated/α-hetero) is 1. The Balaban J connectivity index is 2.27. The third kappa shape index (κ3) is 3.10. The summed E-state index contributed by atoms with van der Waals surface area (Å²) < 4.78 is 0. The molecule has 1 aromatic carbocycles. The van der Waals surface area contributed by atoms with Crippen LogP contribution in [-0.4, -0.2) is 17.9 Å². The molecule has 4 heteroatoms. The number of carbonyl (C=O) groups excluding carboxylic acids is 2. The molecule has 0 unspecified atom stereocenters. The van der Waals surface area contributed by atoms with Crippen molar-refractivity contribution in [3.63, 3.8) is 0 Å². The van der Waals surface area contributed by atoms with Crippen LogP contribution in [0, 0.1) is 0 Å². The third-order valence-electron chi connectivity index (χ3n) is 2.96. The van der Waals surface area contributed by atoms with Crippen molar-refractivity contribution in [1.82, 2.24) is 10.6 Å². The minimum Gasteiger partial charge on any atom is -0.327 e. The summed E-state index contributed by atoms with van der Waals surface area (Å²) in [6.07, 6.45) is 3.72. The van der Waals surface area contributed by atoms with Gasteiger partial charge in [-0.25, -0.2) is 4.79 Å². The van der Waals surface area contributed by atoms with Crippen molar-refractivity contribution in [2.24, 2.45) is 0 Å². The first kappa shape index (κ1) is 13.1. The minimum absolute atomic E-state index is 0.0484. The zero-order valence-electron chi connectivity index (χ0n) is 10.9. The second kappa shape index (κ2) is 5.52. The van der Waals surface area contributed by atoms with E-state index in [0.29, 0.717) is 11.3 Å². The molecule has 0 spiro atoms. The van der Waals surface area contributed by atoms with Gasteiger partial charge in [-0.2, -0.15) is 0 Å². The summed E-state index contributed by atoms with van der Waals surface area (Å²) in [6, 6.07) is 9.07. The molecule has 0 aromatic heterocycles. The predicted molar refractivity (Wildman–Crippen MR) is 74.3 cm³/mol. The van der Waals surface area contributed by atoms with E-state index in [9.17, 15) is 9.59 Å². The van der Waals surface area contributed by atoms with E-state index >= 15 is 0 Å². The molecule has 1 heterocycles. The number of rotatable bonds is 3. The molecular weight excluding hydrogens is 240 g/mol. The fourth-order valence-corrected chi connectivity index (χ4v) is 2.12. The average molecular weight is 256 g/mol. The Morgan fingerprint density at radius 1 is 1.26 bits per heavy atom. The van der Waals surface area contributed by atoms with E-state index in [-0.39, 0.29) is 17.9 Å². The van der Waals surface area contributed by atoms with Crippen molar-refractivity contribution in [2.75, 3.05) is 0 Å². The predicted octanol–water partition coefficient (Wildman–Crippen LogP) is 2.24. The van der Waals surface area contributed by atoms with Gasteiger partial charge in [0, 0.05) is 11.3 Å². The number of ketones is 1. The van der Waals surface area contributed by atoms with Crippen LogP contribution in [0.25, 0.3) is 6.08 Å². The summed E-state index contributed by atoms with van der Waals surface area (Å²) in [5.41, 5.74) is 2.22. The Bertz CT molecular complexity index is 559. The van der Waals surface area contributed by atoms with Crippen LogP contribution < -0.4 is 10.6 Å². The highest BCUT2D eigenvalue weighted by atomic mass is 16.2. The molecule has 1 atom stereocenters. The lowest BCUT2D eigenvalue weighted by atomic mass is 9.98. The van der Waals surface area contributed by atoms with E-state index in [2.05, 4.69) is 10.6 Å². The molecule has 0 radical (unpaired) electrons. The summed E-state index contributed by atoms with van der Waals surface area (Å²) in [7, 11) is 0. The van der Waals surface area contributed by atoms with Crippen molar-refractivity contribution in [3.05, 3.63) is 53.2 Å². The number of allylic oxidation sites excluding steroid dienone is 1. The monoisotopic (exact) mass is 256 g/mol. The van der Waals surface area contributed by atoms with E-state index in [0.717, 1.165) is 5.56 Å². The highest BCUT2D eigenvalue weighted by molar-refractivity contribution is 5.98. The maximum Gasteiger partial charge on any atom is 0.319 e. The van der Waals surface area contributed by atoms with Gasteiger partial charge in [-0.3, -0.25) is 4.79 Å². The molecule has 0 saturated carbocycles. The first-order valence-electron chi connectivity index (χ1n) is 6.10. The Morgan fingerprint density at radius 3 is 2.58 bits per heavy atom. The second-order valence-corrected chi connectivity index (χ2v) is 4.44. The molecule has 0 aliphatic carbocycles. The van der Waals surface area contributed by atoms with Crippen LogP contribution in [0.15, 0.2) is 47.7 Å². The van der Waals surface area contributed by atoms with Gasteiger partial charge in [0.25, 0.3) is 0 Å². The topological polar surface area (TPSA) is 58.2 Å². The molecule has 1 aliphatic rings. The van der Waals surface area contributed by atoms with Gasteiger partial charge in [0.1, 0.15) is 0 Å². The van der Waals surface area contributed by atoms with Crippen molar-refractivity contribution in [3.8, 4) is 0 Å². The third-order valence-corrected chi connectivity index (χ3v) is 2.96. The minimum atomic E-state index is -0.383. The molecule has 1 aliphatic heterocycles. The van der Waals surface area contributed by atoms with Crippen molar-refractivity contribution in [1.29, 1.82) is 0 Å². The molecule has 1 aromatic rings.